The Kier molecular flexibility index (Phi) is 6.19. The Bertz CT molecular complexity index is 1020. The highest BCUT2D eigenvalue weighted by molar-refractivity contribution is 6.03. The third-order valence-corrected chi connectivity index (χ3v) is 4.25. The van der Waals surface area contributed by atoms with Gasteiger partial charge in [-0.3, -0.25) is 9.59 Å². The number of aryl methyl sites for hydroxylation is 1. The molecule has 7 nitrogen and oxygen atoms in total. The number of benzene rings is 2. The van der Waals surface area contributed by atoms with Crippen LogP contribution in [0.25, 0.3) is 0 Å². The van der Waals surface area contributed by atoms with Crippen LogP contribution in [-0.4, -0.2) is 28.3 Å². The van der Waals surface area contributed by atoms with Crippen molar-refractivity contribution in [2.45, 2.75) is 20.8 Å². The monoisotopic (exact) mass is 389 g/mol. The van der Waals surface area contributed by atoms with Gasteiger partial charge in [0.2, 0.25) is 5.91 Å². The Morgan fingerprint density at radius 2 is 1.66 bits per heavy atom. The summed E-state index contributed by atoms with van der Waals surface area (Å²) in [5.74, 6) is 0.171. The molecular formula is C22H23N5O2. The number of carbonyl (C=O) groups excluding carboxylic acids is 2. The standard InChI is InChI=1S/C22H23N5O2/c1-4-27(19-7-5-6-15(2)12-19)21-13-20(23-14-24-21)22(29)26-18-10-8-17(9-11-18)25-16(3)28/h5-14H,4H2,1-3H3,(H,25,28)(H,26,29). The Hall–Kier alpha value is -3.74. The summed E-state index contributed by atoms with van der Waals surface area (Å²) < 4.78 is 0. The first-order chi connectivity index (χ1) is 14.0. The predicted octanol–water partition coefficient (Wildman–Crippen LogP) is 4.15. The number of nitrogens with one attached hydrogen (secondary N) is 2. The van der Waals surface area contributed by atoms with Crippen LogP contribution in [-0.2, 0) is 4.79 Å². The van der Waals surface area contributed by atoms with E-state index in [1.54, 1.807) is 30.3 Å². The zero-order valence-corrected chi connectivity index (χ0v) is 16.6. The molecule has 7 heteroatoms. The molecule has 0 spiro atoms. The van der Waals surface area contributed by atoms with Crippen molar-refractivity contribution in [2.75, 3.05) is 22.1 Å². The zero-order valence-electron chi connectivity index (χ0n) is 16.6. The van der Waals surface area contributed by atoms with E-state index in [1.165, 1.54) is 13.3 Å². The van der Waals surface area contributed by atoms with Crippen molar-refractivity contribution in [3.63, 3.8) is 0 Å². The van der Waals surface area contributed by atoms with Gasteiger partial charge >= 0.3 is 0 Å². The van der Waals surface area contributed by atoms with Crippen LogP contribution < -0.4 is 15.5 Å². The van der Waals surface area contributed by atoms with Gasteiger partial charge in [0, 0.05) is 36.6 Å². The summed E-state index contributed by atoms with van der Waals surface area (Å²) in [5, 5.41) is 5.50. The lowest BCUT2D eigenvalue weighted by atomic mass is 10.2. The van der Waals surface area contributed by atoms with Gasteiger partial charge in [-0.2, -0.15) is 0 Å². The fraction of sp³-hybridized carbons (Fsp3) is 0.182. The fourth-order valence-corrected chi connectivity index (χ4v) is 2.93. The molecule has 0 atom stereocenters. The van der Waals surface area contributed by atoms with Crippen molar-refractivity contribution in [3.05, 3.63) is 72.2 Å². The van der Waals surface area contributed by atoms with Crippen molar-refractivity contribution < 1.29 is 9.59 Å². The highest BCUT2D eigenvalue weighted by atomic mass is 16.2. The summed E-state index contributed by atoms with van der Waals surface area (Å²) in [6, 6.07) is 16.7. The molecule has 3 rings (SSSR count). The third kappa shape index (κ3) is 5.16. The molecule has 0 aliphatic rings. The molecule has 2 N–H and O–H groups in total. The quantitative estimate of drug-likeness (QED) is 0.661. The Labute approximate surface area is 169 Å². The van der Waals surface area contributed by atoms with E-state index in [4.69, 9.17) is 0 Å². The number of hydrogen-bond acceptors (Lipinski definition) is 5. The van der Waals surface area contributed by atoms with E-state index >= 15 is 0 Å². The first kappa shape index (κ1) is 20.0. The van der Waals surface area contributed by atoms with Crippen LogP contribution in [0.4, 0.5) is 22.9 Å². The second-order valence-corrected chi connectivity index (χ2v) is 6.56. The van der Waals surface area contributed by atoms with Gasteiger partial charge in [0.05, 0.1) is 0 Å². The Morgan fingerprint density at radius 1 is 0.966 bits per heavy atom. The molecule has 148 valence electrons. The maximum Gasteiger partial charge on any atom is 0.274 e. The van der Waals surface area contributed by atoms with E-state index in [0.29, 0.717) is 23.7 Å². The van der Waals surface area contributed by atoms with Crippen LogP contribution in [0.5, 0.6) is 0 Å². The minimum absolute atomic E-state index is 0.149. The smallest absolute Gasteiger partial charge is 0.274 e. The highest BCUT2D eigenvalue weighted by Gasteiger charge is 2.14. The number of aromatic nitrogens is 2. The average molecular weight is 389 g/mol. The maximum absolute atomic E-state index is 12.6. The number of rotatable bonds is 6. The van der Waals surface area contributed by atoms with Crippen LogP contribution in [0.2, 0.25) is 0 Å². The molecule has 29 heavy (non-hydrogen) atoms. The lowest BCUT2D eigenvalue weighted by Gasteiger charge is -2.22. The van der Waals surface area contributed by atoms with Crippen LogP contribution >= 0.6 is 0 Å². The van der Waals surface area contributed by atoms with E-state index in [9.17, 15) is 9.59 Å². The van der Waals surface area contributed by atoms with Gasteiger partial charge < -0.3 is 15.5 Å². The van der Waals surface area contributed by atoms with Gasteiger partial charge in [0.15, 0.2) is 0 Å². The van der Waals surface area contributed by atoms with Gasteiger partial charge in [-0.25, -0.2) is 9.97 Å². The third-order valence-electron chi connectivity index (χ3n) is 4.25. The van der Waals surface area contributed by atoms with E-state index in [-0.39, 0.29) is 17.5 Å². The van der Waals surface area contributed by atoms with Crippen molar-refractivity contribution in [1.82, 2.24) is 9.97 Å². The average Bonchev–Trinajstić information content (AvgIpc) is 2.70. The van der Waals surface area contributed by atoms with Gasteiger partial charge in [-0.15, -0.1) is 0 Å². The molecule has 1 aromatic heterocycles. The Balaban J connectivity index is 1.77. The summed E-state index contributed by atoms with van der Waals surface area (Å²) in [5.41, 5.74) is 3.70. The van der Waals surface area contributed by atoms with E-state index in [2.05, 4.69) is 26.7 Å². The number of hydrogen-bond donors (Lipinski definition) is 2. The minimum atomic E-state index is -0.332. The molecule has 0 unspecified atom stereocenters. The molecular weight excluding hydrogens is 366 g/mol. The molecule has 3 aromatic rings. The molecule has 2 amide bonds. The summed E-state index contributed by atoms with van der Waals surface area (Å²) in [6.07, 6.45) is 1.39. The molecule has 1 heterocycles. The van der Waals surface area contributed by atoms with Crippen molar-refractivity contribution in [2.24, 2.45) is 0 Å². The molecule has 2 aromatic carbocycles. The van der Waals surface area contributed by atoms with Crippen LogP contribution in [0.15, 0.2) is 60.9 Å². The fourth-order valence-electron chi connectivity index (χ4n) is 2.93. The number of nitrogens with zero attached hydrogens (tertiary/aromatic N) is 3. The summed E-state index contributed by atoms with van der Waals surface area (Å²) >= 11 is 0. The SMILES string of the molecule is CCN(c1cccc(C)c1)c1cc(C(=O)Nc2ccc(NC(C)=O)cc2)ncn1. The van der Waals surface area contributed by atoms with Crippen LogP contribution in [0.1, 0.15) is 29.9 Å². The lowest BCUT2D eigenvalue weighted by molar-refractivity contribution is -0.114. The number of carbonyl (C=O) groups is 2. The van der Waals surface area contributed by atoms with Crippen LogP contribution in [0, 0.1) is 6.92 Å². The van der Waals surface area contributed by atoms with Gasteiger partial charge in [-0.1, -0.05) is 12.1 Å². The molecule has 0 fully saturated rings. The zero-order chi connectivity index (χ0) is 20.8. The van der Waals surface area contributed by atoms with E-state index in [1.807, 2.05) is 36.9 Å². The summed E-state index contributed by atoms with van der Waals surface area (Å²) in [4.78, 5) is 34.2. The summed E-state index contributed by atoms with van der Waals surface area (Å²) in [6.45, 7) is 6.21. The van der Waals surface area contributed by atoms with Gasteiger partial charge in [0.25, 0.3) is 5.91 Å². The van der Waals surface area contributed by atoms with Crippen molar-refractivity contribution >= 4 is 34.7 Å². The van der Waals surface area contributed by atoms with Gasteiger partial charge in [-0.05, 0) is 55.8 Å². The van der Waals surface area contributed by atoms with Crippen molar-refractivity contribution in [3.8, 4) is 0 Å². The molecule has 0 aliphatic carbocycles. The molecule has 0 radical (unpaired) electrons. The number of anilines is 4. The maximum atomic E-state index is 12.6. The number of amides is 2. The van der Waals surface area contributed by atoms with Crippen molar-refractivity contribution in [1.29, 1.82) is 0 Å². The van der Waals surface area contributed by atoms with Crippen LogP contribution in [0.3, 0.4) is 0 Å². The largest absolute Gasteiger partial charge is 0.327 e. The lowest BCUT2D eigenvalue weighted by Crippen LogP contribution is -2.20. The predicted molar refractivity (Wildman–Crippen MR) is 115 cm³/mol. The van der Waals surface area contributed by atoms with E-state index < -0.39 is 0 Å². The first-order valence-corrected chi connectivity index (χ1v) is 9.31. The summed E-state index contributed by atoms with van der Waals surface area (Å²) in [7, 11) is 0. The van der Waals surface area contributed by atoms with E-state index in [0.717, 1.165) is 11.3 Å². The first-order valence-electron chi connectivity index (χ1n) is 9.31. The Morgan fingerprint density at radius 3 is 2.28 bits per heavy atom. The highest BCUT2D eigenvalue weighted by Crippen LogP contribution is 2.24. The molecule has 0 aliphatic heterocycles. The minimum Gasteiger partial charge on any atom is -0.327 e. The van der Waals surface area contributed by atoms with Gasteiger partial charge in [0.1, 0.15) is 17.8 Å². The molecule has 0 saturated carbocycles. The topological polar surface area (TPSA) is 87.2 Å². The second-order valence-electron chi connectivity index (χ2n) is 6.56. The molecule has 0 saturated heterocycles. The second kappa shape index (κ2) is 8.97. The normalized spacial score (nSPS) is 10.3. The molecule has 0 bridgehead atoms.